The number of carbonyl (C=O) groups is 1. The summed E-state index contributed by atoms with van der Waals surface area (Å²) in [5.41, 5.74) is 2.36. The third-order valence-electron chi connectivity index (χ3n) is 4.98. The van der Waals surface area contributed by atoms with Crippen molar-refractivity contribution in [3.8, 4) is 16.9 Å². The first-order valence-electron chi connectivity index (χ1n) is 10.1. The average Bonchev–Trinajstić information content (AvgIpc) is 3.28. The van der Waals surface area contributed by atoms with E-state index in [2.05, 4.69) is 15.3 Å². The van der Waals surface area contributed by atoms with Gasteiger partial charge in [0.1, 0.15) is 21.9 Å². The summed E-state index contributed by atoms with van der Waals surface area (Å²) in [6.07, 6.45) is 1.49. The highest BCUT2D eigenvalue weighted by molar-refractivity contribution is 8.00. The quantitative estimate of drug-likeness (QED) is 0.276. The SMILES string of the molecule is COc1ccc(S(=O)(=O)N(C)C)cc1NC(=O)CSc1ncnc2scc(-c3ccccc3)c12. The van der Waals surface area contributed by atoms with Crippen LogP contribution in [-0.2, 0) is 14.8 Å². The van der Waals surface area contributed by atoms with Crippen molar-refractivity contribution in [1.29, 1.82) is 0 Å². The molecule has 1 N–H and O–H groups in total. The van der Waals surface area contributed by atoms with E-state index < -0.39 is 10.0 Å². The van der Waals surface area contributed by atoms with Gasteiger partial charge in [0.2, 0.25) is 15.9 Å². The number of benzene rings is 2. The fourth-order valence-electron chi connectivity index (χ4n) is 3.26. The molecule has 0 spiro atoms. The first-order valence-corrected chi connectivity index (χ1v) is 13.4. The number of methoxy groups -OCH3 is 1. The third kappa shape index (κ3) is 4.92. The third-order valence-corrected chi connectivity index (χ3v) is 8.67. The maximum Gasteiger partial charge on any atom is 0.242 e. The summed E-state index contributed by atoms with van der Waals surface area (Å²) in [4.78, 5) is 22.5. The average molecular weight is 515 g/mol. The molecule has 11 heteroatoms. The summed E-state index contributed by atoms with van der Waals surface area (Å²) < 4.78 is 31.4. The van der Waals surface area contributed by atoms with E-state index in [4.69, 9.17) is 4.74 Å². The van der Waals surface area contributed by atoms with Gasteiger partial charge in [-0.05, 0) is 23.8 Å². The van der Waals surface area contributed by atoms with Gasteiger partial charge in [-0.2, -0.15) is 0 Å². The second kappa shape index (κ2) is 10.1. The van der Waals surface area contributed by atoms with Crippen LogP contribution in [0.3, 0.4) is 0 Å². The number of amides is 1. The van der Waals surface area contributed by atoms with Gasteiger partial charge in [0.15, 0.2) is 0 Å². The van der Waals surface area contributed by atoms with Gasteiger partial charge in [0.25, 0.3) is 0 Å². The van der Waals surface area contributed by atoms with Crippen molar-refractivity contribution in [2.45, 2.75) is 9.92 Å². The van der Waals surface area contributed by atoms with Crippen LogP contribution in [0.15, 0.2) is 70.2 Å². The first-order chi connectivity index (χ1) is 16.3. The maximum absolute atomic E-state index is 12.8. The lowest BCUT2D eigenvalue weighted by Crippen LogP contribution is -2.22. The van der Waals surface area contributed by atoms with Crippen LogP contribution >= 0.6 is 23.1 Å². The molecule has 0 saturated carbocycles. The Hall–Kier alpha value is -2.99. The van der Waals surface area contributed by atoms with Crippen LogP contribution in [0.2, 0.25) is 0 Å². The molecule has 0 saturated heterocycles. The van der Waals surface area contributed by atoms with E-state index in [0.717, 1.165) is 25.6 Å². The molecule has 0 unspecified atom stereocenters. The Bertz CT molecular complexity index is 1440. The molecule has 0 fully saturated rings. The number of hydrogen-bond donors (Lipinski definition) is 1. The number of fused-ring (bicyclic) bond motifs is 1. The standard InChI is InChI=1S/C23H22N4O4S3/c1-27(2)34(29,30)16-9-10-19(31-3)18(11-16)26-20(28)13-33-23-21-17(15-7-5-4-6-8-15)12-32-22(21)24-14-25-23/h4-12,14H,13H2,1-3H3,(H,26,28). The van der Waals surface area contributed by atoms with E-state index in [0.29, 0.717) is 10.8 Å². The Morgan fingerprint density at radius 3 is 2.62 bits per heavy atom. The van der Waals surface area contributed by atoms with Crippen LogP contribution in [0.1, 0.15) is 0 Å². The number of sulfonamides is 1. The Morgan fingerprint density at radius 1 is 1.15 bits per heavy atom. The molecule has 34 heavy (non-hydrogen) atoms. The molecule has 4 aromatic rings. The number of hydrogen-bond acceptors (Lipinski definition) is 8. The first kappa shape index (κ1) is 24.1. The second-order valence-electron chi connectivity index (χ2n) is 7.36. The van der Waals surface area contributed by atoms with E-state index in [9.17, 15) is 13.2 Å². The summed E-state index contributed by atoms with van der Waals surface area (Å²) in [6.45, 7) is 0. The van der Waals surface area contributed by atoms with Crippen molar-refractivity contribution in [2.75, 3.05) is 32.3 Å². The molecule has 2 aromatic carbocycles. The van der Waals surface area contributed by atoms with E-state index >= 15 is 0 Å². The number of thioether (sulfide) groups is 1. The molecule has 0 radical (unpaired) electrons. The molecule has 0 aliphatic rings. The van der Waals surface area contributed by atoms with Gasteiger partial charge in [0.05, 0.1) is 28.8 Å². The number of thiophene rings is 1. The molecular weight excluding hydrogens is 492 g/mol. The van der Waals surface area contributed by atoms with Crippen LogP contribution in [-0.4, -0.2) is 55.6 Å². The molecule has 0 atom stereocenters. The van der Waals surface area contributed by atoms with Gasteiger partial charge < -0.3 is 10.1 Å². The van der Waals surface area contributed by atoms with Crippen LogP contribution < -0.4 is 10.1 Å². The van der Waals surface area contributed by atoms with Gasteiger partial charge in [-0.25, -0.2) is 22.7 Å². The maximum atomic E-state index is 12.8. The van der Waals surface area contributed by atoms with Crippen LogP contribution in [0.25, 0.3) is 21.3 Å². The Balaban J connectivity index is 1.56. The molecule has 176 valence electrons. The summed E-state index contributed by atoms with van der Waals surface area (Å²) in [5.74, 6) is 0.125. The van der Waals surface area contributed by atoms with Crippen molar-refractivity contribution < 1.29 is 17.9 Å². The van der Waals surface area contributed by atoms with E-state index in [1.807, 2.05) is 35.7 Å². The van der Waals surface area contributed by atoms with Crippen LogP contribution in [0.4, 0.5) is 5.69 Å². The highest BCUT2D eigenvalue weighted by Gasteiger charge is 2.20. The lowest BCUT2D eigenvalue weighted by molar-refractivity contribution is -0.113. The topological polar surface area (TPSA) is 101 Å². The van der Waals surface area contributed by atoms with Gasteiger partial charge in [-0.1, -0.05) is 42.1 Å². The number of nitrogens with one attached hydrogen (secondary N) is 1. The summed E-state index contributed by atoms with van der Waals surface area (Å²) in [7, 11) is 0.697. The number of carbonyl (C=O) groups excluding carboxylic acids is 1. The molecule has 4 rings (SSSR count). The fraction of sp³-hybridized carbons (Fsp3) is 0.174. The van der Waals surface area contributed by atoms with Crippen molar-refractivity contribution in [1.82, 2.24) is 14.3 Å². The molecule has 0 aliphatic heterocycles. The summed E-state index contributed by atoms with van der Waals surface area (Å²) >= 11 is 2.82. The van der Waals surface area contributed by atoms with Gasteiger partial charge in [-0.15, -0.1) is 11.3 Å². The molecule has 0 aliphatic carbocycles. The van der Waals surface area contributed by atoms with Gasteiger partial charge in [0, 0.05) is 25.0 Å². The lowest BCUT2D eigenvalue weighted by Gasteiger charge is -2.15. The second-order valence-corrected chi connectivity index (χ2v) is 11.3. The molecular formula is C23H22N4O4S3. The largest absolute Gasteiger partial charge is 0.495 e. The molecule has 1 amide bonds. The van der Waals surface area contributed by atoms with Crippen molar-refractivity contribution >= 4 is 54.9 Å². The smallest absolute Gasteiger partial charge is 0.242 e. The Kier molecular flexibility index (Phi) is 7.17. The number of anilines is 1. The van der Waals surface area contributed by atoms with Crippen molar-refractivity contribution in [3.05, 3.63) is 60.2 Å². The number of ether oxygens (including phenoxy) is 1. The van der Waals surface area contributed by atoms with E-state index in [1.54, 1.807) is 0 Å². The summed E-state index contributed by atoms with van der Waals surface area (Å²) in [6, 6.07) is 14.3. The van der Waals surface area contributed by atoms with E-state index in [-0.39, 0.29) is 22.2 Å². The van der Waals surface area contributed by atoms with Crippen molar-refractivity contribution in [3.63, 3.8) is 0 Å². The monoisotopic (exact) mass is 514 g/mol. The van der Waals surface area contributed by atoms with Crippen LogP contribution in [0.5, 0.6) is 5.75 Å². The number of rotatable bonds is 8. The van der Waals surface area contributed by atoms with Gasteiger partial charge in [-0.3, -0.25) is 4.79 Å². The van der Waals surface area contributed by atoms with Gasteiger partial charge >= 0.3 is 0 Å². The zero-order valence-corrected chi connectivity index (χ0v) is 21.1. The Morgan fingerprint density at radius 2 is 1.91 bits per heavy atom. The normalized spacial score (nSPS) is 11.6. The predicted molar refractivity (Wildman–Crippen MR) is 136 cm³/mol. The minimum absolute atomic E-state index is 0.0598. The minimum atomic E-state index is -3.66. The zero-order chi connectivity index (χ0) is 24.3. The van der Waals surface area contributed by atoms with Crippen molar-refractivity contribution in [2.24, 2.45) is 0 Å². The molecule has 2 aromatic heterocycles. The van der Waals surface area contributed by atoms with Crippen LogP contribution in [0, 0.1) is 0 Å². The molecule has 8 nitrogen and oxygen atoms in total. The van der Waals surface area contributed by atoms with E-state index in [1.165, 1.54) is 68.8 Å². The predicted octanol–water partition coefficient (Wildman–Crippen LogP) is 4.35. The number of nitrogens with zero attached hydrogens (tertiary/aromatic N) is 3. The Labute approximate surface area is 206 Å². The minimum Gasteiger partial charge on any atom is -0.495 e. The fourth-order valence-corrected chi connectivity index (χ4v) is 5.99. The highest BCUT2D eigenvalue weighted by atomic mass is 32.2. The summed E-state index contributed by atoms with van der Waals surface area (Å²) in [5, 5.41) is 6.42. The molecule has 2 heterocycles. The molecule has 0 bridgehead atoms. The lowest BCUT2D eigenvalue weighted by atomic mass is 10.1. The highest BCUT2D eigenvalue weighted by Crippen LogP contribution is 2.38. The zero-order valence-electron chi connectivity index (χ0n) is 18.7. The number of aromatic nitrogens is 2.